The number of nitrogens with zero attached hydrogens (tertiary/aromatic N) is 3. The predicted octanol–water partition coefficient (Wildman–Crippen LogP) is 3.99. The van der Waals surface area contributed by atoms with Gasteiger partial charge in [-0.2, -0.15) is 0 Å². The van der Waals surface area contributed by atoms with Gasteiger partial charge in [-0.05, 0) is 24.0 Å². The molecule has 0 atom stereocenters. The topological polar surface area (TPSA) is 72.3 Å². The summed E-state index contributed by atoms with van der Waals surface area (Å²) in [6, 6.07) is 7.47. The van der Waals surface area contributed by atoms with E-state index >= 15 is 0 Å². The SMILES string of the molecule is C=CCN(Cc1cnc(S(=O)(=O)Cc2ccccc2C)n1CC(C)C)C(=O)C(C)C. The van der Waals surface area contributed by atoms with E-state index in [1.165, 1.54) is 0 Å². The monoisotopic (exact) mass is 431 g/mol. The Labute approximate surface area is 180 Å². The minimum absolute atomic E-state index is 0.00323. The third kappa shape index (κ3) is 5.81. The molecule has 0 N–H and O–H groups in total. The zero-order valence-electron chi connectivity index (χ0n) is 18.6. The molecule has 0 fully saturated rings. The van der Waals surface area contributed by atoms with Crippen LogP contribution in [0, 0.1) is 18.8 Å². The predicted molar refractivity (Wildman–Crippen MR) is 120 cm³/mol. The molecule has 6 nitrogen and oxygen atoms in total. The number of sulfone groups is 1. The molecule has 1 aromatic heterocycles. The van der Waals surface area contributed by atoms with Gasteiger partial charge in [0.15, 0.2) is 0 Å². The number of aromatic nitrogens is 2. The number of aryl methyl sites for hydroxylation is 1. The second kappa shape index (κ2) is 10.1. The van der Waals surface area contributed by atoms with E-state index in [1.807, 2.05) is 58.9 Å². The summed E-state index contributed by atoms with van der Waals surface area (Å²) in [7, 11) is -3.65. The molecule has 0 spiro atoms. The molecule has 1 amide bonds. The lowest BCUT2D eigenvalue weighted by Gasteiger charge is -2.24. The van der Waals surface area contributed by atoms with Crippen LogP contribution >= 0.6 is 0 Å². The average molecular weight is 432 g/mol. The highest BCUT2D eigenvalue weighted by Gasteiger charge is 2.26. The van der Waals surface area contributed by atoms with E-state index in [4.69, 9.17) is 0 Å². The van der Waals surface area contributed by atoms with Crippen LogP contribution in [0.5, 0.6) is 0 Å². The van der Waals surface area contributed by atoms with Gasteiger partial charge in [0.25, 0.3) is 0 Å². The molecule has 2 aromatic rings. The quantitative estimate of drug-likeness (QED) is 0.533. The van der Waals surface area contributed by atoms with E-state index in [0.29, 0.717) is 25.3 Å². The Hall–Kier alpha value is -2.41. The zero-order valence-corrected chi connectivity index (χ0v) is 19.4. The van der Waals surface area contributed by atoms with Crippen LogP contribution in [0.1, 0.15) is 44.5 Å². The van der Waals surface area contributed by atoms with Crippen LogP contribution in [0.25, 0.3) is 0 Å². The maximum atomic E-state index is 13.2. The van der Waals surface area contributed by atoms with E-state index < -0.39 is 9.84 Å². The average Bonchev–Trinajstić information content (AvgIpc) is 3.05. The Kier molecular flexibility index (Phi) is 8.01. The minimum Gasteiger partial charge on any atom is -0.333 e. The van der Waals surface area contributed by atoms with Crippen LogP contribution in [0.3, 0.4) is 0 Å². The molecule has 30 heavy (non-hydrogen) atoms. The third-order valence-corrected chi connectivity index (χ3v) is 6.42. The number of amides is 1. The fourth-order valence-electron chi connectivity index (χ4n) is 3.32. The van der Waals surface area contributed by atoms with E-state index in [-0.39, 0.29) is 28.7 Å². The highest BCUT2D eigenvalue weighted by Crippen LogP contribution is 2.22. The molecule has 164 valence electrons. The maximum absolute atomic E-state index is 13.2. The van der Waals surface area contributed by atoms with Gasteiger partial charge in [0.1, 0.15) is 0 Å². The van der Waals surface area contributed by atoms with Crippen molar-refractivity contribution < 1.29 is 13.2 Å². The summed E-state index contributed by atoms with van der Waals surface area (Å²) in [5.41, 5.74) is 2.41. The van der Waals surface area contributed by atoms with Crippen molar-refractivity contribution in [1.29, 1.82) is 0 Å². The van der Waals surface area contributed by atoms with Gasteiger partial charge in [0.05, 0.1) is 24.2 Å². The Morgan fingerprint density at radius 3 is 2.47 bits per heavy atom. The van der Waals surface area contributed by atoms with Crippen molar-refractivity contribution in [2.45, 2.75) is 58.6 Å². The second-order valence-corrected chi connectivity index (χ2v) is 10.3. The Bertz CT molecular complexity index is 991. The summed E-state index contributed by atoms with van der Waals surface area (Å²) < 4.78 is 28.2. The molecular weight excluding hydrogens is 398 g/mol. The molecule has 0 aliphatic carbocycles. The van der Waals surface area contributed by atoms with Crippen LogP contribution in [0.4, 0.5) is 0 Å². The maximum Gasteiger partial charge on any atom is 0.228 e. The van der Waals surface area contributed by atoms with Crippen molar-refractivity contribution in [2.75, 3.05) is 6.54 Å². The van der Waals surface area contributed by atoms with E-state index in [0.717, 1.165) is 11.1 Å². The molecule has 1 heterocycles. The molecule has 0 radical (unpaired) electrons. The van der Waals surface area contributed by atoms with Crippen LogP contribution in [0.2, 0.25) is 0 Å². The number of hydrogen-bond donors (Lipinski definition) is 0. The first-order valence-electron chi connectivity index (χ1n) is 10.3. The Morgan fingerprint density at radius 2 is 1.90 bits per heavy atom. The number of rotatable bonds is 10. The third-order valence-electron chi connectivity index (χ3n) is 4.84. The van der Waals surface area contributed by atoms with Gasteiger partial charge >= 0.3 is 0 Å². The van der Waals surface area contributed by atoms with Crippen molar-refractivity contribution in [1.82, 2.24) is 14.5 Å². The summed E-state index contributed by atoms with van der Waals surface area (Å²) in [6.07, 6.45) is 3.26. The fraction of sp³-hybridized carbons (Fsp3) is 0.478. The first-order chi connectivity index (χ1) is 14.1. The van der Waals surface area contributed by atoms with Crippen molar-refractivity contribution in [3.63, 3.8) is 0 Å². The molecule has 0 saturated heterocycles. The van der Waals surface area contributed by atoms with Crippen LogP contribution in [0.15, 0.2) is 48.3 Å². The second-order valence-electron chi connectivity index (χ2n) is 8.38. The van der Waals surface area contributed by atoms with Gasteiger partial charge in [-0.1, -0.05) is 58.0 Å². The lowest BCUT2D eigenvalue weighted by molar-refractivity contribution is -0.134. The number of imidazole rings is 1. The summed E-state index contributed by atoms with van der Waals surface area (Å²) in [5.74, 6) is -0.0404. The highest BCUT2D eigenvalue weighted by atomic mass is 32.2. The molecule has 0 unspecified atom stereocenters. The number of carbonyl (C=O) groups is 1. The van der Waals surface area contributed by atoms with Gasteiger partial charge in [0, 0.05) is 19.0 Å². The Balaban J connectivity index is 2.44. The molecule has 0 bridgehead atoms. The number of hydrogen-bond acceptors (Lipinski definition) is 4. The lowest BCUT2D eigenvalue weighted by Crippen LogP contribution is -2.35. The van der Waals surface area contributed by atoms with Crippen LogP contribution < -0.4 is 0 Å². The summed E-state index contributed by atoms with van der Waals surface area (Å²) in [4.78, 5) is 18.6. The number of benzene rings is 1. The highest BCUT2D eigenvalue weighted by molar-refractivity contribution is 7.90. The van der Waals surface area contributed by atoms with Crippen molar-refractivity contribution in [2.24, 2.45) is 11.8 Å². The Morgan fingerprint density at radius 1 is 1.23 bits per heavy atom. The van der Waals surface area contributed by atoms with E-state index in [1.54, 1.807) is 21.7 Å². The van der Waals surface area contributed by atoms with E-state index in [2.05, 4.69) is 11.6 Å². The van der Waals surface area contributed by atoms with Gasteiger partial charge in [0.2, 0.25) is 20.9 Å². The fourth-order valence-corrected chi connectivity index (χ4v) is 4.92. The first kappa shape index (κ1) is 23.9. The standard InChI is InChI=1S/C23H33N3O3S/c1-7-12-25(22(27)18(4)5)15-21-13-24-23(26(21)14-17(2)3)30(28,29)16-20-11-9-8-10-19(20)6/h7-11,13,17-18H,1,12,14-16H2,2-6H3. The summed E-state index contributed by atoms with van der Waals surface area (Å²) in [6.45, 7) is 14.6. The molecular formula is C23H33N3O3S. The lowest BCUT2D eigenvalue weighted by atomic mass is 10.1. The molecule has 0 aliphatic heterocycles. The summed E-state index contributed by atoms with van der Waals surface area (Å²) in [5, 5.41) is 0.0602. The molecule has 0 saturated carbocycles. The normalized spacial score (nSPS) is 11.8. The molecule has 7 heteroatoms. The smallest absolute Gasteiger partial charge is 0.228 e. The zero-order chi connectivity index (χ0) is 22.5. The van der Waals surface area contributed by atoms with Gasteiger partial charge in [-0.25, -0.2) is 13.4 Å². The van der Waals surface area contributed by atoms with Gasteiger partial charge in [-0.15, -0.1) is 6.58 Å². The first-order valence-corrected chi connectivity index (χ1v) is 11.9. The van der Waals surface area contributed by atoms with Crippen LogP contribution in [-0.2, 0) is 33.5 Å². The minimum atomic E-state index is -3.65. The van der Waals surface area contributed by atoms with Crippen molar-refractivity contribution >= 4 is 15.7 Å². The van der Waals surface area contributed by atoms with Crippen LogP contribution in [-0.4, -0.2) is 35.3 Å². The molecule has 1 aromatic carbocycles. The van der Waals surface area contributed by atoms with Gasteiger partial charge in [-0.3, -0.25) is 4.79 Å². The van der Waals surface area contributed by atoms with Crippen molar-refractivity contribution in [3.05, 3.63) is 59.9 Å². The van der Waals surface area contributed by atoms with E-state index in [9.17, 15) is 13.2 Å². The largest absolute Gasteiger partial charge is 0.333 e. The molecule has 0 aliphatic rings. The van der Waals surface area contributed by atoms with Crippen molar-refractivity contribution in [3.8, 4) is 0 Å². The summed E-state index contributed by atoms with van der Waals surface area (Å²) >= 11 is 0. The molecule has 2 rings (SSSR count). The number of carbonyl (C=O) groups excluding carboxylic acids is 1. The van der Waals surface area contributed by atoms with Gasteiger partial charge < -0.3 is 9.47 Å².